The summed E-state index contributed by atoms with van der Waals surface area (Å²) in [7, 11) is 3.04. The molecule has 6 heteroatoms. The Morgan fingerprint density at radius 2 is 1.61 bits per heavy atom. The standard InChI is InChI=1S/C32H26O6/c1-34-25-12-8-22(9-13-25)30-27-17-26(36-19-21-6-4-3-5-7-21)14-10-23(27)18-32(30,31(33)35-2)24-11-15-28-29(16-24)38-20-37-28/h3-18H,19-20H2,1-2H3. The van der Waals surface area contributed by atoms with Gasteiger partial charge in [0.15, 0.2) is 11.5 Å². The molecule has 1 unspecified atom stereocenters. The van der Waals surface area contributed by atoms with E-state index in [9.17, 15) is 4.79 Å². The highest BCUT2D eigenvalue weighted by Crippen LogP contribution is 2.45. The molecule has 0 N–H and O–H groups in total. The number of methoxy groups -OCH3 is 2. The molecule has 6 nitrogen and oxygen atoms in total. The van der Waals surface area contributed by atoms with Crippen molar-refractivity contribution in [3.63, 3.8) is 0 Å². The van der Waals surface area contributed by atoms with Crippen molar-refractivity contribution < 1.29 is 28.5 Å². The van der Waals surface area contributed by atoms with Crippen LogP contribution in [-0.2, 0) is 21.6 Å². The van der Waals surface area contributed by atoms with Gasteiger partial charge in [-0.1, -0.05) is 60.7 Å². The van der Waals surface area contributed by atoms with E-state index >= 15 is 0 Å². The molecule has 4 aromatic rings. The lowest BCUT2D eigenvalue weighted by Gasteiger charge is -2.29. The second-order valence-electron chi connectivity index (χ2n) is 9.14. The number of carbonyl (C=O) groups is 1. The number of hydrogen-bond acceptors (Lipinski definition) is 6. The van der Waals surface area contributed by atoms with Crippen LogP contribution in [0.1, 0.15) is 16.7 Å². The third kappa shape index (κ3) is 3.95. The van der Waals surface area contributed by atoms with Gasteiger partial charge in [0, 0.05) is 0 Å². The van der Waals surface area contributed by atoms with Crippen LogP contribution in [0.25, 0.3) is 11.6 Å². The molecule has 0 saturated heterocycles. The van der Waals surface area contributed by atoms with Crippen LogP contribution in [0, 0.1) is 0 Å². The second-order valence-corrected chi connectivity index (χ2v) is 9.14. The third-order valence-corrected chi connectivity index (χ3v) is 7.02. The number of rotatable bonds is 7. The quantitative estimate of drug-likeness (QED) is 0.352. The van der Waals surface area contributed by atoms with Gasteiger partial charge in [-0.3, -0.25) is 4.79 Å². The van der Waals surface area contributed by atoms with Crippen molar-refractivity contribution >= 4 is 17.6 Å². The molecule has 0 bridgehead atoms. The summed E-state index contributed by atoms with van der Waals surface area (Å²) < 4.78 is 28.2. The topological polar surface area (TPSA) is 63.2 Å². The van der Waals surface area contributed by atoms with E-state index in [0.717, 1.165) is 38.5 Å². The van der Waals surface area contributed by atoms with Gasteiger partial charge in [0.05, 0.1) is 14.2 Å². The molecule has 6 rings (SSSR count). The molecule has 1 aliphatic carbocycles. The summed E-state index contributed by atoms with van der Waals surface area (Å²) in [5.74, 6) is 2.27. The third-order valence-electron chi connectivity index (χ3n) is 7.02. The van der Waals surface area contributed by atoms with Crippen molar-refractivity contribution in [1.29, 1.82) is 0 Å². The molecule has 0 amide bonds. The Labute approximate surface area is 220 Å². The largest absolute Gasteiger partial charge is 0.497 e. The predicted octanol–water partition coefficient (Wildman–Crippen LogP) is 4.11. The van der Waals surface area contributed by atoms with Gasteiger partial charge in [0.25, 0.3) is 0 Å². The average Bonchev–Trinajstić information content (AvgIpc) is 3.58. The smallest absolute Gasteiger partial charge is 0.324 e. The van der Waals surface area contributed by atoms with Crippen LogP contribution in [0.2, 0.25) is 0 Å². The SMILES string of the molecule is COC(=O)C1(c2ccc3c(c2)OCO3)C=c2ccc(OCc3ccccc3)cc2=C1c1ccc(OC)cc1. The minimum atomic E-state index is -1.22. The van der Waals surface area contributed by atoms with Gasteiger partial charge < -0.3 is 23.7 Å². The van der Waals surface area contributed by atoms with Crippen molar-refractivity contribution in [2.24, 2.45) is 0 Å². The van der Waals surface area contributed by atoms with E-state index < -0.39 is 11.4 Å². The van der Waals surface area contributed by atoms with E-state index in [0.29, 0.717) is 23.9 Å². The Kier molecular flexibility index (Phi) is 6.00. The number of carbonyl (C=O) groups excluding carboxylic acids is 1. The van der Waals surface area contributed by atoms with E-state index in [-0.39, 0.29) is 6.79 Å². The molecule has 4 aromatic carbocycles. The highest BCUT2D eigenvalue weighted by Gasteiger charge is 2.47. The van der Waals surface area contributed by atoms with Gasteiger partial charge >= 0.3 is 5.97 Å². The maximum atomic E-state index is 13.8. The van der Waals surface area contributed by atoms with E-state index in [1.165, 1.54) is 7.11 Å². The number of benzene rings is 4. The fraction of sp³-hybridized carbons (Fsp3) is 0.156. The molecular formula is C32H26O6. The molecule has 38 heavy (non-hydrogen) atoms. The fourth-order valence-corrected chi connectivity index (χ4v) is 5.18. The van der Waals surface area contributed by atoms with Gasteiger partial charge in [-0.05, 0) is 69.1 Å². The maximum Gasteiger partial charge on any atom is 0.324 e. The van der Waals surface area contributed by atoms with E-state index in [2.05, 4.69) is 0 Å². The normalized spacial score (nSPS) is 16.9. The van der Waals surface area contributed by atoms with Crippen LogP contribution in [0.3, 0.4) is 0 Å². The lowest BCUT2D eigenvalue weighted by atomic mass is 9.73. The van der Waals surface area contributed by atoms with Crippen molar-refractivity contribution in [1.82, 2.24) is 0 Å². The first kappa shape index (κ1) is 23.7. The fourth-order valence-electron chi connectivity index (χ4n) is 5.18. The van der Waals surface area contributed by atoms with E-state index in [1.54, 1.807) is 7.11 Å². The first-order chi connectivity index (χ1) is 18.6. The molecule has 0 spiro atoms. The van der Waals surface area contributed by atoms with Gasteiger partial charge in [0.2, 0.25) is 6.79 Å². The molecule has 0 fully saturated rings. The van der Waals surface area contributed by atoms with Crippen molar-refractivity contribution in [2.45, 2.75) is 12.0 Å². The summed E-state index contributed by atoms with van der Waals surface area (Å²) in [6, 6.07) is 29.2. The lowest BCUT2D eigenvalue weighted by molar-refractivity contribution is -0.142. The first-order valence-corrected chi connectivity index (χ1v) is 12.3. The summed E-state index contributed by atoms with van der Waals surface area (Å²) in [6.45, 7) is 0.580. The average molecular weight is 507 g/mol. The summed E-state index contributed by atoms with van der Waals surface area (Å²) in [6.07, 6.45) is 1.96. The van der Waals surface area contributed by atoms with Gasteiger partial charge in [-0.15, -0.1) is 0 Å². The summed E-state index contributed by atoms with van der Waals surface area (Å²) in [5, 5.41) is 1.80. The summed E-state index contributed by atoms with van der Waals surface area (Å²) >= 11 is 0. The number of ether oxygens (including phenoxy) is 5. The van der Waals surface area contributed by atoms with Crippen LogP contribution < -0.4 is 29.4 Å². The molecule has 0 aromatic heterocycles. The van der Waals surface area contributed by atoms with Crippen LogP contribution in [-0.4, -0.2) is 27.0 Å². The lowest BCUT2D eigenvalue weighted by Crippen LogP contribution is -2.36. The Balaban J connectivity index is 1.56. The monoisotopic (exact) mass is 506 g/mol. The highest BCUT2D eigenvalue weighted by atomic mass is 16.7. The van der Waals surface area contributed by atoms with Crippen molar-refractivity contribution in [3.8, 4) is 23.0 Å². The molecule has 190 valence electrons. The molecule has 1 heterocycles. The Morgan fingerprint density at radius 1 is 0.842 bits per heavy atom. The predicted molar refractivity (Wildman–Crippen MR) is 143 cm³/mol. The zero-order valence-corrected chi connectivity index (χ0v) is 21.1. The zero-order chi connectivity index (χ0) is 26.1. The Morgan fingerprint density at radius 3 is 2.37 bits per heavy atom. The zero-order valence-electron chi connectivity index (χ0n) is 21.1. The minimum absolute atomic E-state index is 0.144. The summed E-state index contributed by atoms with van der Waals surface area (Å²) in [5.41, 5.74) is 2.24. The van der Waals surface area contributed by atoms with Crippen LogP contribution in [0.5, 0.6) is 23.0 Å². The maximum absolute atomic E-state index is 13.8. The van der Waals surface area contributed by atoms with Gasteiger partial charge in [0.1, 0.15) is 23.5 Å². The molecule has 1 aliphatic heterocycles. The number of esters is 1. The minimum Gasteiger partial charge on any atom is -0.497 e. The Hall–Kier alpha value is -4.71. The van der Waals surface area contributed by atoms with Crippen molar-refractivity contribution in [2.75, 3.05) is 21.0 Å². The second kappa shape index (κ2) is 9.63. The first-order valence-electron chi connectivity index (χ1n) is 12.3. The Bertz CT molecular complexity index is 1630. The highest BCUT2D eigenvalue weighted by molar-refractivity contribution is 6.08. The van der Waals surface area contributed by atoms with Gasteiger partial charge in [-0.2, -0.15) is 0 Å². The van der Waals surface area contributed by atoms with E-state index in [4.69, 9.17) is 23.7 Å². The van der Waals surface area contributed by atoms with Crippen LogP contribution in [0.15, 0.2) is 91.0 Å². The van der Waals surface area contributed by atoms with Gasteiger partial charge in [-0.25, -0.2) is 0 Å². The molecule has 2 aliphatic rings. The van der Waals surface area contributed by atoms with Crippen LogP contribution in [0.4, 0.5) is 0 Å². The molecule has 0 saturated carbocycles. The molecular weight excluding hydrogens is 480 g/mol. The summed E-state index contributed by atoms with van der Waals surface area (Å²) in [4.78, 5) is 13.8. The molecule has 1 atom stereocenters. The van der Waals surface area contributed by atoms with E-state index in [1.807, 2.05) is 97.1 Å². The molecule has 0 radical (unpaired) electrons. The number of hydrogen-bond donors (Lipinski definition) is 0. The number of fused-ring (bicyclic) bond motifs is 2. The van der Waals surface area contributed by atoms with Crippen molar-refractivity contribution in [3.05, 3.63) is 118 Å². The van der Waals surface area contributed by atoms with Crippen LogP contribution >= 0.6 is 0 Å².